The van der Waals surface area contributed by atoms with E-state index in [4.69, 9.17) is 4.74 Å². The molecular weight excluding hydrogens is 275 g/mol. The maximum Gasteiger partial charge on any atom is 0.247 e. The van der Waals surface area contributed by atoms with Crippen LogP contribution in [0.4, 0.5) is 4.39 Å². The molecule has 0 aliphatic carbocycles. The number of carbonyl (C=O) groups is 1. The van der Waals surface area contributed by atoms with Gasteiger partial charge in [0.25, 0.3) is 0 Å². The van der Waals surface area contributed by atoms with Crippen molar-refractivity contribution in [3.05, 3.63) is 42.7 Å². The number of hydrogen-bond acceptors (Lipinski definition) is 4. The highest BCUT2D eigenvalue weighted by Gasteiger charge is 2.19. The number of para-hydroxylation sites is 1. The first-order chi connectivity index (χ1) is 10.1. The highest BCUT2D eigenvalue weighted by molar-refractivity contribution is 5.79. The molecule has 1 aromatic heterocycles. The van der Waals surface area contributed by atoms with Gasteiger partial charge in [-0.05, 0) is 19.1 Å². The van der Waals surface area contributed by atoms with Crippen LogP contribution in [0.15, 0.2) is 36.9 Å². The van der Waals surface area contributed by atoms with Gasteiger partial charge in [0, 0.05) is 7.05 Å². The summed E-state index contributed by atoms with van der Waals surface area (Å²) in [6.45, 7) is 2.31. The number of carbonyl (C=O) groups excluding carboxylic acids is 1. The molecule has 0 saturated carbocycles. The van der Waals surface area contributed by atoms with Gasteiger partial charge in [0.05, 0.1) is 6.54 Å². The minimum absolute atomic E-state index is 0.113. The molecule has 0 spiro atoms. The predicted octanol–water partition coefficient (Wildman–Crippen LogP) is 1.52. The van der Waals surface area contributed by atoms with Crippen molar-refractivity contribution in [2.45, 2.75) is 13.0 Å². The average Bonchev–Trinajstić information content (AvgIpc) is 3.01. The number of nitrogens with zero attached hydrogens (tertiary/aromatic N) is 4. The Bertz CT molecular complexity index is 588. The summed E-state index contributed by atoms with van der Waals surface area (Å²) in [4.78, 5) is 17.5. The molecule has 6 nitrogen and oxygen atoms in total. The van der Waals surface area contributed by atoms with Gasteiger partial charge in [-0.2, -0.15) is 5.10 Å². The molecule has 1 heterocycles. The lowest BCUT2D eigenvalue weighted by atomic mass is 10.3. The van der Waals surface area contributed by atoms with Crippen molar-refractivity contribution >= 4 is 5.91 Å². The van der Waals surface area contributed by atoms with Gasteiger partial charge in [-0.1, -0.05) is 12.1 Å². The van der Waals surface area contributed by atoms with Crippen LogP contribution in [0, 0.1) is 5.82 Å². The molecule has 2 aromatic rings. The predicted molar refractivity (Wildman–Crippen MR) is 74.3 cm³/mol. The first-order valence-corrected chi connectivity index (χ1v) is 6.56. The lowest BCUT2D eigenvalue weighted by molar-refractivity contribution is -0.133. The second kappa shape index (κ2) is 6.83. The maximum absolute atomic E-state index is 13.4. The van der Waals surface area contributed by atoms with Gasteiger partial charge in [-0.15, -0.1) is 0 Å². The molecule has 0 unspecified atom stereocenters. The summed E-state index contributed by atoms with van der Waals surface area (Å²) < 4.78 is 20.2. The van der Waals surface area contributed by atoms with Crippen LogP contribution in [-0.4, -0.2) is 45.8 Å². The Morgan fingerprint density at radius 2 is 2.24 bits per heavy atom. The van der Waals surface area contributed by atoms with E-state index in [1.807, 2.05) is 0 Å². The molecule has 2 rings (SSSR count). The fourth-order valence-electron chi connectivity index (χ4n) is 1.81. The van der Waals surface area contributed by atoms with Crippen molar-refractivity contribution in [1.82, 2.24) is 19.7 Å². The monoisotopic (exact) mass is 292 g/mol. The molecule has 1 atom stereocenters. The standard InChI is InChI=1S/C14H17FN4O2/c1-11(19-10-16-9-17-19)14(20)18(2)7-8-21-13-6-4-3-5-12(13)15/h3-6,9-11H,7-8H2,1-2H3/t11-/m0/s1. The normalized spacial score (nSPS) is 12.0. The highest BCUT2D eigenvalue weighted by Crippen LogP contribution is 2.15. The number of hydrogen-bond donors (Lipinski definition) is 0. The van der Waals surface area contributed by atoms with Crippen LogP contribution in [0.2, 0.25) is 0 Å². The number of amides is 1. The van der Waals surface area contributed by atoms with E-state index in [-0.39, 0.29) is 18.3 Å². The van der Waals surface area contributed by atoms with E-state index < -0.39 is 11.9 Å². The summed E-state index contributed by atoms with van der Waals surface area (Å²) in [5.74, 6) is -0.345. The SMILES string of the molecule is C[C@@H](C(=O)N(C)CCOc1ccccc1F)n1cncn1. The van der Waals surface area contributed by atoms with Crippen molar-refractivity contribution < 1.29 is 13.9 Å². The Morgan fingerprint density at radius 1 is 1.48 bits per heavy atom. The Hall–Kier alpha value is -2.44. The van der Waals surface area contributed by atoms with Gasteiger partial charge in [0.15, 0.2) is 11.6 Å². The molecule has 0 aliphatic rings. The third-order valence-electron chi connectivity index (χ3n) is 3.09. The summed E-state index contributed by atoms with van der Waals surface area (Å²) in [7, 11) is 1.67. The molecule has 1 aromatic carbocycles. The van der Waals surface area contributed by atoms with Crippen molar-refractivity contribution in [2.75, 3.05) is 20.2 Å². The fourth-order valence-corrected chi connectivity index (χ4v) is 1.81. The van der Waals surface area contributed by atoms with Gasteiger partial charge >= 0.3 is 0 Å². The summed E-state index contributed by atoms with van der Waals surface area (Å²) in [5, 5.41) is 3.94. The number of benzene rings is 1. The van der Waals surface area contributed by atoms with Gasteiger partial charge in [0.1, 0.15) is 25.3 Å². The zero-order valence-corrected chi connectivity index (χ0v) is 11.9. The lowest BCUT2D eigenvalue weighted by Crippen LogP contribution is -2.36. The number of ether oxygens (including phenoxy) is 1. The van der Waals surface area contributed by atoms with Crippen LogP contribution < -0.4 is 4.74 Å². The van der Waals surface area contributed by atoms with Crippen LogP contribution in [0.3, 0.4) is 0 Å². The molecule has 0 aliphatic heterocycles. The lowest BCUT2D eigenvalue weighted by Gasteiger charge is -2.21. The van der Waals surface area contributed by atoms with Gasteiger partial charge in [-0.25, -0.2) is 14.1 Å². The summed E-state index contributed by atoms with van der Waals surface area (Å²) in [6.07, 6.45) is 2.87. The topological polar surface area (TPSA) is 60.2 Å². The molecule has 0 N–H and O–H groups in total. The van der Waals surface area contributed by atoms with E-state index in [0.29, 0.717) is 6.54 Å². The fraction of sp³-hybridized carbons (Fsp3) is 0.357. The van der Waals surface area contributed by atoms with Crippen molar-refractivity contribution in [1.29, 1.82) is 0 Å². The Kier molecular flexibility index (Phi) is 4.86. The first kappa shape index (κ1) is 15.0. The molecular formula is C14H17FN4O2. The number of rotatable bonds is 6. The van der Waals surface area contributed by atoms with E-state index in [1.54, 1.807) is 32.2 Å². The van der Waals surface area contributed by atoms with E-state index in [0.717, 1.165) is 0 Å². The van der Waals surface area contributed by atoms with Crippen LogP contribution in [0.1, 0.15) is 13.0 Å². The number of likely N-dealkylation sites (N-methyl/N-ethyl adjacent to an activating group) is 1. The summed E-state index contributed by atoms with van der Waals surface area (Å²) in [6, 6.07) is 5.73. The second-order valence-electron chi connectivity index (χ2n) is 4.59. The molecule has 112 valence electrons. The second-order valence-corrected chi connectivity index (χ2v) is 4.59. The van der Waals surface area contributed by atoms with E-state index in [9.17, 15) is 9.18 Å². The van der Waals surface area contributed by atoms with E-state index in [1.165, 1.54) is 28.3 Å². The molecule has 0 radical (unpaired) electrons. The minimum Gasteiger partial charge on any atom is -0.489 e. The van der Waals surface area contributed by atoms with E-state index >= 15 is 0 Å². The average molecular weight is 292 g/mol. The maximum atomic E-state index is 13.4. The Labute approximate surface area is 122 Å². The zero-order chi connectivity index (χ0) is 15.2. The van der Waals surface area contributed by atoms with Crippen LogP contribution in [0.25, 0.3) is 0 Å². The van der Waals surface area contributed by atoms with E-state index in [2.05, 4.69) is 10.1 Å². The third-order valence-corrected chi connectivity index (χ3v) is 3.09. The van der Waals surface area contributed by atoms with Crippen molar-refractivity contribution in [2.24, 2.45) is 0 Å². The third kappa shape index (κ3) is 3.77. The smallest absolute Gasteiger partial charge is 0.247 e. The molecule has 0 saturated heterocycles. The molecule has 1 amide bonds. The van der Waals surface area contributed by atoms with Gasteiger partial charge in [-0.3, -0.25) is 4.79 Å². The van der Waals surface area contributed by atoms with Crippen LogP contribution in [0.5, 0.6) is 5.75 Å². The highest BCUT2D eigenvalue weighted by atomic mass is 19.1. The first-order valence-electron chi connectivity index (χ1n) is 6.56. The largest absolute Gasteiger partial charge is 0.489 e. The Balaban J connectivity index is 1.83. The zero-order valence-electron chi connectivity index (χ0n) is 11.9. The quantitative estimate of drug-likeness (QED) is 0.810. The van der Waals surface area contributed by atoms with Crippen molar-refractivity contribution in [3.63, 3.8) is 0 Å². The van der Waals surface area contributed by atoms with Crippen LogP contribution >= 0.6 is 0 Å². The van der Waals surface area contributed by atoms with Gasteiger partial charge in [0.2, 0.25) is 5.91 Å². The Morgan fingerprint density at radius 3 is 2.90 bits per heavy atom. The summed E-state index contributed by atoms with van der Waals surface area (Å²) >= 11 is 0. The minimum atomic E-state index is -0.439. The summed E-state index contributed by atoms with van der Waals surface area (Å²) in [5.41, 5.74) is 0. The molecule has 0 bridgehead atoms. The molecule has 0 fully saturated rings. The van der Waals surface area contributed by atoms with Gasteiger partial charge < -0.3 is 9.64 Å². The molecule has 7 heteroatoms. The van der Waals surface area contributed by atoms with Crippen LogP contribution in [-0.2, 0) is 4.79 Å². The number of halogens is 1. The van der Waals surface area contributed by atoms with Crippen molar-refractivity contribution in [3.8, 4) is 5.75 Å². The number of aromatic nitrogens is 3. The molecule has 21 heavy (non-hydrogen) atoms.